The first-order chi connectivity index (χ1) is 27.4. The number of rotatable bonds is 43. The standard InChI is InChI=1S/C46H86N2O8/c1-3-5-7-9-11-13-15-17-19-21-23-25-27-29-31-33-43(51)55-42(41-54-40-37-48(35-38-49)36-39-50)45(46(47)53)56-44(52)34-32-30-28-26-24-22-20-18-16-14-12-10-8-6-4-2/h17-20,42,45,49-50H,3-16,21-41H2,1-2H3,(H2,47,53)/b19-17-,20-18-. The van der Waals surface area contributed by atoms with Gasteiger partial charge in [-0.1, -0.05) is 141 Å². The number of amides is 1. The van der Waals surface area contributed by atoms with Crippen molar-refractivity contribution >= 4 is 17.8 Å². The number of hydrogen-bond acceptors (Lipinski definition) is 9. The zero-order chi connectivity index (χ0) is 41.2. The maximum absolute atomic E-state index is 12.9. The predicted octanol–water partition coefficient (Wildman–Crippen LogP) is 9.67. The number of primary amides is 1. The molecule has 2 atom stereocenters. The Balaban J connectivity index is 4.65. The molecule has 2 unspecified atom stereocenters. The zero-order valence-corrected chi connectivity index (χ0v) is 36.1. The Morgan fingerprint density at radius 1 is 0.536 bits per heavy atom. The molecule has 0 spiro atoms. The van der Waals surface area contributed by atoms with Crippen molar-refractivity contribution in [2.45, 2.75) is 206 Å². The quantitative estimate of drug-likeness (QED) is 0.0312. The highest BCUT2D eigenvalue weighted by molar-refractivity contribution is 5.83. The normalized spacial score (nSPS) is 12.9. The van der Waals surface area contributed by atoms with Gasteiger partial charge in [0.1, 0.15) is 0 Å². The molecule has 0 rings (SSSR count). The highest BCUT2D eigenvalue weighted by atomic mass is 16.6. The number of esters is 2. The number of unbranched alkanes of at least 4 members (excludes halogenated alkanes) is 22. The molecule has 328 valence electrons. The van der Waals surface area contributed by atoms with Gasteiger partial charge in [-0.3, -0.25) is 19.3 Å². The van der Waals surface area contributed by atoms with Crippen molar-refractivity contribution in [2.75, 3.05) is 46.1 Å². The van der Waals surface area contributed by atoms with Crippen molar-refractivity contribution in [2.24, 2.45) is 5.73 Å². The summed E-state index contributed by atoms with van der Waals surface area (Å²) in [5, 5.41) is 18.6. The number of carbonyl (C=O) groups excluding carboxylic acids is 3. The Kier molecular flexibility index (Phi) is 40.6. The zero-order valence-electron chi connectivity index (χ0n) is 36.1. The number of ether oxygens (including phenoxy) is 3. The molecule has 0 heterocycles. The highest BCUT2D eigenvalue weighted by Crippen LogP contribution is 2.15. The number of nitrogens with two attached hydrogens (primary N) is 1. The van der Waals surface area contributed by atoms with Gasteiger partial charge in [0.2, 0.25) is 6.10 Å². The molecule has 0 aromatic carbocycles. The first-order valence-corrected chi connectivity index (χ1v) is 22.9. The first kappa shape index (κ1) is 53.7. The van der Waals surface area contributed by atoms with E-state index in [1.165, 1.54) is 89.9 Å². The number of nitrogens with zero attached hydrogens (tertiary/aromatic N) is 1. The molecule has 0 aromatic rings. The lowest BCUT2D eigenvalue weighted by Crippen LogP contribution is -2.47. The van der Waals surface area contributed by atoms with Crippen LogP contribution in [0.4, 0.5) is 0 Å². The summed E-state index contributed by atoms with van der Waals surface area (Å²) in [6.07, 6.45) is 36.8. The van der Waals surface area contributed by atoms with Crippen LogP contribution >= 0.6 is 0 Å². The van der Waals surface area contributed by atoms with Crippen LogP contribution in [0, 0.1) is 0 Å². The summed E-state index contributed by atoms with van der Waals surface area (Å²) in [6.45, 7) is 5.53. The average Bonchev–Trinajstić information content (AvgIpc) is 3.18. The number of hydrogen-bond donors (Lipinski definition) is 3. The van der Waals surface area contributed by atoms with Crippen molar-refractivity contribution < 1.29 is 38.8 Å². The smallest absolute Gasteiger partial charge is 0.306 e. The molecule has 0 bridgehead atoms. The van der Waals surface area contributed by atoms with Crippen LogP contribution in [0.1, 0.15) is 194 Å². The van der Waals surface area contributed by atoms with Gasteiger partial charge in [-0.05, 0) is 64.2 Å². The van der Waals surface area contributed by atoms with Crippen molar-refractivity contribution in [1.82, 2.24) is 4.90 Å². The summed E-state index contributed by atoms with van der Waals surface area (Å²) in [4.78, 5) is 40.0. The fourth-order valence-corrected chi connectivity index (χ4v) is 6.62. The summed E-state index contributed by atoms with van der Waals surface area (Å²) in [5.74, 6) is -1.94. The van der Waals surface area contributed by atoms with Gasteiger partial charge in [0.15, 0.2) is 6.10 Å². The van der Waals surface area contributed by atoms with E-state index >= 15 is 0 Å². The lowest BCUT2D eigenvalue weighted by atomic mass is 10.1. The van der Waals surface area contributed by atoms with Crippen LogP contribution in [0.3, 0.4) is 0 Å². The lowest BCUT2D eigenvalue weighted by molar-refractivity contribution is -0.176. The molecule has 0 aromatic heterocycles. The molecule has 0 saturated heterocycles. The predicted molar refractivity (Wildman–Crippen MR) is 229 cm³/mol. The Hall–Kier alpha value is -2.27. The minimum absolute atomic E-state index is 0.0625. The minimum atomic E-state index is -1.46. The van der Waals surface area contributed by atoms with E-state index in [0.717, 1.165) is 64.2 Å². The molecule has 0 aliphatic rings. The fraction of sp³-hybridized carbons (Fsp3) is 0.848. The maximum atomic E-state index is 12.9. The van der Waals surface area contributed by atoms with E-state index < -0.39 is 30.1 Å². The van der Waals surface area contributed by atoms with E-state index in [0.29, 0.717) is 32.5 Å². The van der Waals surface area contributed by atoms with Gasteiger partial charge in [0.05, 0.1) is 26.4 Å². The fourth-order valence-electron chi connectivity index (χ4n) is 6.62. The van der Waals surface area contributed by atoms with Gasteiger partial charge in [-0.15, -0.1) is 0 Å². The second kappa shape index (κ2) is 42.3. The van der Waals surface area contributed by atoms with Crippen molar-refractivity contribution in [3.63, 3.8) is 0 Å². The molecule has 1 amide bonds. The van der Waals surface area contributed by atoms with E-state index in [2.05, 4.69) is 38.2 Å². The van der Waals surface area contributed by atoms with Gasteiger partial charge in [0, 0.05) is 32.5 Å². The topological polar surface area (TPSA) is 149 Å². The second-order valence-corrected chi connectivity index (χ2v) is 15.4. The number of aliphatic hydroxyl groups excluding tert-OH is 2. The Labute approximate surface area is 342 Å². The highest BCUT2D eigenvalue weighted by Gasteiger charge is 2.34. The van der Waals surface area contributed by atoms with Gasteiger partial charge in [-0.25, -0.2) is 0 Å². The lowest BCUT2D eigenvalue weighted by Gasteiger charge is -2.26. The van der Waals surface area contributed by atoms with E-state index in [-0.39, 0.29) is 39.3 Å². The van der Waals surface area contributed by atoms with Gasteiger partial charge >= 0.3 is 11.9 Å². The second-order valence-electron chi connectivity index (χ2n) is 15.4. The van der Waals surface area contributed by atoms with Crippen LogP contribution in [0.2, 0.25) is 0 Å². The van der Waals surface area contributed by atoms with Crippen LogP contribution in [-0.2, 0) is 28.6 Å². The number of aliphatic hydroxyl groups is 2. The Morgan fingerprint density at radius 3 is 1.30 bits per heavy atom. The Morgan fingerprint density at radius 2 is 0.911 bits per heavy atom. The molecule has 0 aliphatic carbocycles. The third-order valence-electron chi connectivity index (χ3n) is 10.1. The van der Waals surface area contributed by atoms with Crippen molar-refractivity contribution in [3.8, 4) is 0 Å². The summed E-state index contributed by atoms with van der Waals surface area (Å²) in [5.41, 5.74) is 5.68. The average molecular weight is 795 g/mol. The molecule has 0 aliphatic heterocycles. The largest absolute Gasteiger partial charge is 0.455 e. The summed E-state index contributed by atoms with van der Waals surface area (Å²) in [6, 6.07) is 0. The molecular weight excluding hydrogens is 709 g/mol. The molecule has 4 N–H and O–H groups in total. The molecule has 10 heteroatoms. The van der Waals surface area contributed by atoms with Crippen LogP contribution in [0.25, 0.3) is 0 Å². The monoisotopic (exact) mass is 795 g/mol. The summed E-state index contributed by atoms with van der Waals surface area (Å²) >= 11 is 0. The summed E-state index contributed by atoms with van der Waals surface area (Å²) < 4.78 is 17.0. The van der Waals surface area contributed by atoms with Crippen LogP contribution in [0.5, 0.6) is 0 Å². The first-order valence-electron chi connectivity index (χ1n) is 22.9. The van der Waals surface area contributed by atoms with E-state index in [9.17, 15) is 24.6 Å². The minimum Gasteiger partial charge on any atom is -0.455 e. The third-order valence-corrected chi connectivity index (χ3v) is 10.1. The van der Waals surface area contributed by atoms with E-state index in [1.54, 1.807) is 0 Å². The van der Waals surface area contributed by atoms with Gasteiger partial charge in [0.25, 0.3) is 5.91 Å². The number of allylic oxidation sites excluding steroid dienone is 4. The molecule has 56 heavy (non-hydrogen) atoms. The third kappa shape index (κ3) is 36.1. The molecule has 0 fully saturated rings. The Bertz CT molecular complexity index is 953. The SMILES string of the molecule is CCCCCCCC/C=C\CCCCCCCC(=O)OC(COCCN(CCO)CCO)C(OC(=O)CCCCCCC/C=C\CCCCCCCC)C(N)=O. The van der Waals surface area contributed by atoms with Gasteiger partial charge < -0.3 is 30.2 Å². The number of carbonyl (C=O) groups is 3. The molecule has 0 saturated carbocycles. The molecule has 0 radical (unpaired) electrons. The molecule has 10 nitrogen and oxygen atoms in total. The van der Waals surface area contributed by atoms with E-state index in [4.69, 9.17) is 19.9 Å². The van der Waals surface area contributed by atoms with Crippen LogP contribution in [0.15, 0.2) is 24.3 Å². The van der Waals surface area contributed by atoms with Crippen molar-refractivity contribution in [3.05, 3.63) is 24.3 Å². The maximum Gasteiger partial charge on any atom is 0.306 e. The van der Waals surface area contributed by atoms with Crippen LogP contribution in [-0.4, -0.2) is 91.2 Å². The van der Waals surface area contributed by atoms with Crippen LogP contribution < -0.4 is 5.73 Å². The molecular formula is C46H86N2O8. The summed E-state index contributed by atoms with van der Waals surface area (Å²) in [7, 11) is 0. The van der Waals surface area contributed by atoms with Gasteiger partial charge in [-0.2, -0.15) is 0 Å². The van der Waals surface area contributed by atoms with E-state index in [1.807, 2.05) is 4.90 Å². The van der Waals surface area contributed by atoms with Crippen molar-refractivity contribution in [1.29, 1.82) is 0 Å².